The van der Waals surface area contributed by atoms with Crippen molar-refractivity contribution in [2.24, 2.45) is 0 Å². The van der Waals surface area contributed by atoms with E-state index in [2.05, 4.69) is 10.0 Å². The Morgan fingerprint density at radius 3 is 2.57 bits per heavy atom. The maximum absolute atomic E-state index is 12.0. The molecule has 116 valence electrons. The highest BCUT2D eigenvalue weighted by Gasteiger charge is 2.19. The summed E-state index contributed by atoms with van der Waals surface area (Å²) < 4.78 is 24.9. The largest absolute Gasteiger partial charge is 0.331 e. The van der Waals surface area contributed by atoms with E-state index in [0.29, 0.717) is 5.69 Å². The topological polar surface area (TPSA) is 78.5 Å². The number of nitrogens with zero attached hydrogens (tertiary/aromatic N) is 1. The molecule has 6 nitrogen and oxygen atoms in total. The number of nitrogens with one attached hydrogen (secondary N) is 2. The van der Waals surface area contributed by atoms with Gasteiger partial charge in [0.15, 0.2) is 0 Å². The number of rotatable bonds is 4. The number of carbonyl (C=O) groups excluding carboxylic acids is 1. The maximum Gasteiger partial charge on any atom is 0.317 e. The Morgan fingerprint density at radius 1 is 1.29 bits per heavy atom. The van der Waals surface area contributed by atoms with Gasteiger partial charge in [0.05, 0.1) is 12.3 Å². The molecule has 0 aromatic heterocycles. The molecule has 0 bridgehead atoms. The van der Waals surface area contributed by atoms with Crippen molar-refractivity contribution >= 4 is 21.7 Å². The number of carbonyl (C=O) groups is 1. The van der Waals surface area contributed by atoms with Crippen LogP contribution in [-0.4, -0.2) is 38.7 Å². The molecule has 1 atom stereocenters. The highest BCUT2D eigenvalue weighted by atomic mass is 32.2. The fourth-order valence-corrected chi connectivity index (χ4v) is 2.92. The van der Waals surface area contributed by atoms with Crippen molar-refractivity contribution in [3.05, 3.63) is 29.8 Å². The summed E-state index contributed by atoms with van der Waals surface area (Å²) in [7, 11) is -3.30. The van der Waals surface area contributed by atoms with Gasteiger partial charge in [-0.25, -0.2) is 13.2 Å². The predicted octanol–water partition coefficient (Wildman–Crippen LogP) is 1.92. The number of sulfonamides is 1. The van der Waals surface area contributed by atoms with Gasteiger partial charge in [-0.3, -0.25) is 4.72 Å². The lowest BCUT2D eigenvalue weighted by Crippen LogP contribution is -2.39. The number of anilines is 1. The summed E-state index contributed by atoms with van der Waals surface area (Å²) in [5, 5.41) is 2.94. The molecule has 1 heterocycles. The van der Waals surface area contributed by atoms with Gasteiger partial charge >= 0.3 is 6.03 Å². The SMILES string of the molecule is CC(NC(=O)N1CCCC1)c1cccc(NS(C)(=O)=O)c1. The first-order chi connectivity index (χ1) is 9.85. The van der Waals surface area contributed by atoms with E-state index >= 15 is 0 Å². The van der Waals surface area contributed by atoms with E-state index in [9.17, 15) is 13.2 Å². The summed E-state index contributed by atoms with van der Waals surface area (Å²) in [5.41, 5.74) is 1.36. The number of benzene rings is 1. The number of hydrogen-bond acceptors (Lipinski definition) is 3. The second-order valence-electron chi connectivity index (χ2n) is 5.37. The van der Waals surface area contributed by atoms with E-state index in [1.54, 1.807) is 23.1 Å². The lowest BCUT2D eigenvalue weighted by atomic mass is 10.1. The van der Waals surface area contributed by atoms with Crippen LogP contribution in [0.5, 0.6) is 0 Å². The van der Waals surface area contributed by atoms with Crippen LogP contribution < -0.4 is 10.0 Å². The highest BCUT2D eigenvalue weighted by Crippen LogP contribution is 2.19. The van der Waals surface area contributed by atoms with Crippen LogP contribution in [0.15, 0.2) is 24.3 Å². The van der Waals surface area contributed by atoms with Crippen molar-refractivity contribution in [2.75, 3.05) is 24.1 Å². The molecule has 2 rings (SSSR count). The molecule has 1 unspecified atom stereocenters. The molecule has 0 aliphatic carbocycles. The van der Waals surface area contributed by atoms with Crippen molar-refractivity contribution in [1.29, 1.82) is 0 Å². The molecule has 0 radical (unpaired) electrons. The third-order valence-corrected chi connectivity index (χ3v) is 4.03. The Labute approximate surface area is 125 Å². The molecule has 2 N–H and O–H groups in total. The molecular formula is C14H21N3O3S. The van der Waals surface area contributed by atoms with Gasteiger partial charge in [-0.15, -0.1) is 0 Å². The molecule has 1 saturated heterocycles. The van der Waals surface area contributed by atoms with Crippen LogP contribution in [-0.2, 0) is 10.0 Å². The Hall–Kier alpha value is -1.76. The smallest absolute Gasteiger partial charge is 0.317 e. The van der Waals surface area contributed by atoms with E-state index in [-0.39, 0.29) is 12.1 Å². The average Bonchev–Trinajstić information content (AvgIpc) is 2.90. The second-order valence-corrected chi connectivity index (χ2v) is 7.11. The van der Waals surface area contributed by atoms with Crippen LogP contribution in [0.2, 0.25) is 0 Å². The zero-order valence-electron chi connectivity index (χ0n) is 12.3. The average molecular weight is 311 g/mol. The van der Waals surface area contributed by atoms with Crippen molar-refractivity contribution in [2.45, 2.75) is 25.8 Å². The standard InChI is InChI=1S/C14H21N3O3S/c1-11(15-14(18)17-8-3-4-9-17)12-6-5-7-13(10-12)16-21(2,19)20/h5-7,10-11,16H,3-4,8-9H2,1-2H3,(H,15,18). The first-order valence-corrected chi connectivity index (χ1v) is 8.87. The summed E-state index contributed by atoms with van der Waals surface area (Å²) in [5.74, 6) is 0. The molecule has 1 aromatic rings. The van der Waals surface area contributed by atoms with E-state index in [4.69, 9.17) is 0 Å². The fourth-order valence-electron chi connectivity index (χ4n) is 2.37. The Kier molecular flexibility index (Phi) is 4.72. The molecule has 21 heavy (non-hydrogen) atoms. The van der Waals surface area contributed by atoms with E-state index in [1.165, 1.54) is 0 Å². The molecule has 2 amide bonds. The van der Waals surface area contributed by atoms with Crippen LogP contribution in [0.25, 0.3) is 0 Å². The third kappa shape index (κ3) is 4.63. The van der Waals surface area contributed by atoms with Crippen LogP contribution in [0, 0.1) is 0 Å². The minimum Gasteiger partial charge on any atom is -0.331 e. The summed E-state index contributed by atoms with van der Waals surface area (Å²) in [4.78, 5) is 13.8. The van der Waals surface area contributed by atoms with Gasteiger partial charge in [0, 0.05) is 18.8 Å². The highest BCUT2D eigenvalue weighted by molar-refractivity contribution is 7.92. The van der Waals surface area contributed by atoms with Crippen molar-refractivity contribution in [1.82, 2.24) is 10.2 Å². The van der Waals surface area contributed by atoms with Gasteiger partial charge in [0.25, 0.3) is 0 Å². The van der Waals surface area contributed by atoms with E-state index in [1.807, 2.05) is 13.0 Å². The van der Waals surface area contributed by atoms with Crippen LogP contribution in [0.1, 0.15) is 31.4 Å². The maximum atomic E-state index is 12.0. The van der Waals surface area contributed by atoms with Gasteiger partial charge in [0.1, 0.15) is 0 Å². The summed E-state index contributed by atoms with van der Waals surface area (Å²) in [6.45, 7) is 3.48. The number of hydrogen-bond donors (Lipinski definition) is 2. The first-order valence-electron chi connectivity index (χ1n) is 6.98. The summed E-state index contributed by atoms with van der Waals surface area (Å²) in [6, 6.07) is 6.79. The minimum absolute atomic E-state index is 0.0681. The van der Waals surface area contributed by atoms with E-state index in [0.717, 1.165) is 37.8 Å². The lowest BCUT2D eigenvalue weighted by Gasteiger charge is -2.21. The Morgan fingerprint density at radius 2 is 1.95 bits per heavy atom. The Bertz CT molecular complexity index is 610. The summed E-state index contributed by atoms with van der Waals surface area (Å²) in [6.07, 6.45) is 3.21. The molecule has 1 fully saturated rings. The molecular weight excluding hydrogens is 290 g/mol. The minimum atomic E-state index is -3.30. The zero-order chi connectivity index (χ0) is 15.5. The van der Waals surface area contributed by atoms with Crippen LogP contribution in [0.4, 0.5) is 10.5 Å². The molecule has 0 saturated carbocycles. The van der Waals surface area contributed by atoms with Crippen molar-refractivity contribution in [3.8, 4) is 0 Å². The third-order valence-electron chi connectivity index (χ3n) is 3.42. The van der Waals surface area contributed by atoms with Gasteiger partial charge in [0.2, 0.25) is 10.0 Å². The normalized spacial score (nSPS) is 16.6. The number of likely N-dealkylation sites (tertiary alicyclic amines) is 1. The second kappa shape index (κ2) is 6.34. The molecule has 1 aromatic carbocycles. The molecule has 7 heteroatoms. The van der Waals surface area contributed by atoms with Gasteiger partial charge in [-0.1, -0.05) is 12.1 Å². The van der Waals surface area contributed by atoms with Crippen LogP contribution >= 0.6 is 0 Å². The van der Waals surface area contributed by atoms with Crippen molar-refractivity contribution in [3.63, 3.8) is 0 Å². The van der Waals surface area contributed by atoms with Crippen molar-refractivity contribution < 1.29 is 13.2 Å². The summed E-state index contributed by atoms with van der Waals surface area (Å²) >= 11 is 0. The van der Waals surface area contributed by atoms with Crippen LogP contribution in [0.3, 0.4) is 0 Å². The molecule has 0 spiro atoms. The van der Waals surface area contributed by atoms with Gasteiger partial charge in [-0.2, -0.15) is 0 Å². The molecule has 1 aliphatic heterocycles. The van der Waals surface area contributed by atoms with E-state index < -0.39 is 10.0 Å². The lowest BCUT2D eigenvalue weighted by molar-refractivity contribution is 0.205. The Balaban J connectivity index is 2.03. The van der Waals surface area contributed by atoms with Gasteiger partial charge < -0.3 is 10.2 Å². The van der Waals surface area contributed by atoms with Gasteiger partial charge in [-0.05, 0) is 37.5 Å². The fraction of sp³-hybridized carbons (Fsp3) is 0.500. The first kappa shape index (κ1) is 15.6. The number of amides is 2. The molecule has 1 aliphatic rings. The zero-order valence-corrected chi connectivity index (χ0v) is 13.1. The monoisotopic (exact) mass is 311 g/mol. The number of urea groups is 1. The quantitative estimate of drug-likeness (QED) is 0.891. The predicted molar refractivity (Wildman–Crippen MR) is 82.7 cm³/mol.